The first-order chi connectivity index (χ1) is 8.81. The topological polar surface area (TPSA) is 20.2 Å². The molecule has 1 N–H and O–H groups in total. The highest BCUT2D eigenvalue weighted by Crippen LogP contribution is 2.14. The number of aliphatic hydroxyl groups is 1. The number of alkyl halides is 1. The first-order valence-electron chi connectivity index (χ1n) is 8.06. The minimum Gasteiger partial charge on any atom is -0.395 e. The second kappa shape index (κ2) is 15.5. The zero-order valence-electron chi connectivity index (χ0n) is 12.3. The van der Waals surface area contributed by atoms with Crippen molar-refractivity contribution in [1.82, 2.24) is 0 Å². The van der Waals surface area contributed by atoms with Crippen LogP contribution in [0.5, 0.6) is 0 Å². The normalized spacial score (nSPS) is 12.8. The maximum Gasteiger partial charge on any atom is 0.0556 e. The van der Waals surface area contributed by atoms with Gasteiger partial charge in [0.15, 0.2) is 0 Å². The minimum absolute atomic E-state index is 0.276. The van der Waals surface area contributed by atoms with Crippen LogP contribution in [0.15, 0.2) is 0 Å². The molecule has 0 aromatic carbocycles. The highest BCUT2D eigenvalue weighted by Gasteiger charge is 2.00. The van der Waals surface area contributed by atoms with Crippen LogP contribution in [-0.4, -0.2) is 16.5 Å². The van der Waals surface area contributed by atoms with Gasteiger partial charge in [-0.3, -0.25) is 0 Å². The van der Waals surface area contributed by atoms with Crippen molar-refractivity contribution in [3.8, 4) is 0 Å². The Morgan fingerprint density at radius 3 is 1.50 bits per heavy atom. The quantitative estimate of drug-likeness (QED) is 0.315. The average molecular weight is 321 g/mol. The summed E-state index contributed by atoms with van der Waals surface area (Å²) in [7, 11) is 0. The molecular weight excluding hydrogens is 288 g/mol. The lowest BCUT2D eigenvalue weighted by atomic mass is 10.0. The summed E-state index contributed by atoms with van der Waals surface area (Å²) in [5, 5.41) is 8.87. The third-order valence-corrected chi connectivity index (χ3v) is 4.32. The molecular formula is C16H33BrO. The van der Waals surface area contributed by atoms with Gasteiger partial charge in [-0.2, -0.15) is 0 Å². The van der Waals surface area contributed by atoms with Gasteiger partial charge in [-0.25, -0.2) is 0 Å². The van der Waals surface area contributed by atoms with Crippen molar-refractivity contribution in [2.24, 2.45) is 0 Å². The molecule has 2 heteroatoms. The largest absolute Gasteiger partial charge is 0.395 e. The Bertz CT molecular complexity index is 150. The molecule has 0 spiro atoms. The Kier molecular flexibility index (Phi) is 15.9. The highest BCUT2D eigenvalue weighted by molar-refractivity contribution is 9.09. The van der Waals surface area contributed by atoms with Crippen LogP contribution >= 0.6 is 15.9 Å². The van der Waals surface area contributed by atoms with Crippen molar-refractivity contribution >= 4 is 15.9 Å². The molecule has 1 atom stereocenters. The molecule has 0 fully saturated rings. The molecule has 0 saturated carbocycles. The van der Waals surface area contributed by atoms with Crippen molar-refractivity contribution in [1.29, 1.82) is 0 Å². The van der Waals surface area contributed by atoms with Gasteiger partial charge in [0.05, 0.1) is 6.61 Å². The van der Waals surface area contributed by atoms with E-state index in [0.29, 0.717) is 4.83 Å². The summed E-state index contributed by atoms with van der Waals surface area (Å²) < 4.78 is 0. The summed E-state index contributed by atoms with van der Waals surface area (Å²) in [4.78, 5) is 0.320. The molecule has 0 amide bonds. The van der Waals surface area contributed by atoms with E-state index in [-0.39, 0.29) is 6.61 Å². The van der Waals surface area contributed by atoms with E-state index in [1.165, 1.54) is 77.0 Å². The molecule has 0 aliphatic carbocycles. The smallest absolute Gasteiger partial charge is 0.0556 e. The first-order valence-corrected chi connectivity index (χ1v) is 8.97. The minimum atomic E-state index is 0.276. The second-order valence-corrected chi connectivity index (χ2v) is 6.75. The van der Waals surface area contributed by atoms with Gasteiger partial charge in [-0.1, -0.05) is 99.9 Å². The molecule has 0 unspecified atom stereocenters. The van der Waals surface area contributed by atoms with Crippen LogP contribution in [0.3, 0.4) is 0 Å². The molecule has 0 saturated heterocycles. The highest BCUT2D eigenvalue weighted by atomic mass is 79.9. The molecule has 0 aliphatic heterocycles. The summed E-state index contributed by atoms with van der Waals surface area (Å²) in [6.45, 7) is 2.55. The number of unbranched alkanes of at least 4 members (excludes halogenated alkanes) is 11. The van der Waals surface area contributed by atoms with Crippen molar-refractivity contribution in [2.45, 2.75) is 95.2 Å². The van der Waals surface area contributed by atoms with Gasteiger partial charge >= 0.3 is 0 Å². The van der Waals surface area contributed by atoms with E-state index in [0.717, 1.165) is 6.42 Å². The van der Waals surface area contributed by atoms with Crippen LogP contribution in [0, 0.1) is 0 Å². The van der Waals surface area contributed by atoms with Crippen LogP contribution in [-0.2, 0) is 0 Å². The molecule has 110 valence electrons. The van der Waals surface area contributed by atoms with Crippen LogP contribution in [0.1, 0.15) is 90.4 Å². The van der Waals surface area contributed by atoms with E-state index < -0.39 is 0 Å². The van der Waals surface area contributed by atoms with E-state index in [4.69, 9.17) is 5.11 Å². The Morgan fingerprint density at radius 2 is 1.11 bits per heavy atom. The number of hydrogen-bond donors (Lipinski definition) is 1. The van der Waals surface area contributed by atoms with E-state index >= 15 is 0 Å². The van der Waals surface area contributed by atoms with Crippen LogP contribution < -0.4 is 0 Å². The zero-order valence-corrected chi connectivity index (χ0v) is 13.9. The maximum absolute atomic E-state index is 8.87. The fourth-order valence-corrected chi connectivity index (χ4v) is 2.62. The van der Waals surface area contributed by atoms with Gasteiger partial charge in [-0.15, -0.1) is 0 Å². The zero-order chi connectivity index (χ0) is 13.5. The lowest BCUT2D eigenvalue weighted by molar-refractivity contribution is 0.290. The lowest BCUT2D eigenvalue weighted by Gasteiger charge is -2.05. The summed E-state index contributed by atoms with van der Waals surface area (Å²) in [6, 6.07) is 0. The molecule has 0 rings (SSSR count). The van der Waals surface area contributed by atoms with Gasteiger partial charge in [-0.05, 0) is 6.42 Å². The Morgan fingerprint density at radius 1 is 0.722 bits per heavy atom. The molecule has 0 radical (unpaired) electrons. The van der Waals surface area contributed by atoms with Gasteiger partial charge in [0, 0.05) is 4.83 Å². The fraction of sp³-hybridized carbons (Fsp3) is 1.00. The Labute approximate surface area is 123 Å². The lowest BCUT2D eigenvalue weighted by Crippen LogP contribution is -2.02. The predicted octanol–water partition coefficient (Wildman–Crippen LogP) is 5.83. The van der Waals surface area contributed by atoms with Gasteiger partial charge in [0.1, 0.15) is 0 Å². The number of hydrogen-bond acceptors (Lipinski definition) is 1. The number of aliphatic hydroxyl groups excluding tert-OH is 1. The van der Waals surface area contributed by atoms with Crippen molar-refractivity contribution in [3.63, 3.8) is 0 Å². The first kappa shape index (κ1) is 18.4. The predicted molar refractivity (Wildman–Crippen MR) is 85.5 cm³/mol. The fourth-order valence-electron chi connectivity index (χ4n) is 2.30. The van der Waals surface area contributed by atoms with Crippen molar-refractivity contribution in [2.75, 3.05) is 6.61 Å². The van der Waals surface area contributed by atoms with Crippen LogP contribution in [0.4, 0.5) is 0 Å². The third-order valence-electron chi connectivity index (χ3n) is 3.57. The van der Waals surface area contributed by atoms with Gasteiger partial charge in [0.25, 0.3) is 0 Å². The van der Waals surface area contributed by atoms with Gasteiger partial charge < -0.3 is 5.11 Å². The average Bonchev–Trinajstić information content (AvgIpc) is 2.39. The van der Waals surface area contributed by atoms with E-state index in [1.54, 1.807) is 0 Å². The summed E-state index contributed by atoms with van der Waals surface area (Å²) in [5.74, 6) is 0. The molecule has 0 aliphatic rings. The van der Waals surface area contributed by atoms with Crippen molar-refractivity contribution < 1.29 is 5.11 Å². The molecule has 0 aromatic rings. The van der Waals surface area contributed by atoms with E-state index in [9.17, 15) is 0 Å². The third kappa shape index (κ3) is 14.5. The van der Waals surface area contributed by atoms with Gasteiger partial charge in [0.2, 0.25) is 0 Å². The molecule has 0 heterocycles. The Balaban J connectivity index is 2.94. The monoisotopic (exact) mass is 320 g/mol. The number of halogens is 1. The summed E-state index contributed by atoms with van der Waals surface area (Å²) in [5.41, 5.74) is 0. The number of rotatable bonds is 14. The summed E-state index contributed by atoms with van der Waals surface area (Å²) >= 11 is 3.46. The standard InChI is InChI=1S/C16H33BrO/c1-2-3-4-5-6-7-8-9-10-11-12-13-14-16(17)15-18/h16,18H,2-15H2,1H3/t16-/m1/s1. The summed E-state index contributed by atoms with van der Waals surface area (Å²) in [6.07, 6.45) is 17.9. The molecule has 0 aromatic heterocycles. The Hall–Kier alpha value is 0.440. The van der Waals surface area contributed by atoms with Crippen molar-refractivity contribution in [3.05, 3.63) is 0 Å². The molecule has 0 bridgehead atoms. The van der Waals surface area contributed by atoms with E-state index in [2.05, 4.69) is 22.9 Å². The SMILES string of the molecule is CCCCCCCCCCCCCC[C@@H](Br)CO. The van der Waals surface area contributed by atoms with Crippen LogP contribution in [0.2, 0.25) is 0 Å². The molecule has 18 heavy (non-hydrogen) atoms. The maximum atomic E-state index is 8.87. The second-order valence-electron chi connectivity index (χ2n) is 5.46. The molecule has 1 nitrogen and oxygen atoms in total. The van der Waals surface area contributed by atoms with Crippen LogP contribution in [0.25, 0.3) is 0 Å². The van der Waals surface area contributed by atoms with E-state index in [1.807, 2.05) is 0 Å².